The van der Waals surface area contributed by atoms with E-state index in [0.29, 0.717) is 0 Å². The van der Waals surface area contributed by atoms with E-state index < -0.39 is 0 Å². The Balaban J connectivity index is 2.02. The first-order chi connectivity index (χ1) is 12.2. The zero-order valence-electron chi connectivity index (χ0n) is 16.2. The van der Waals surface area contributed by atoms with Gasteiger partial charge in [-0.1, -0.05) is 26.7 Å². The van der Waals surface area contributed by atoms with Crippen LogP contribution in [0.15, 0.2) is 18.2 Å². The highest BCUT2D eigenvalue weighted by Crippen LogP contribution is 2.30. The molecule has 2 rings (SSSR count). The molecule has 0 aliphatic rings. The second kappa shape index (κ2) is 10.2. The van der Waals surface area contributed by atoms with Gasteiger partial charge in [-0.05, 0) is 57.0 Å². The first-order valence-corrected chi connectivity index (χ1v) is 9.62. The van der Waals surface area contributed by atoms with E-state index in [2.05, 4.69) is 49.6 Å². The molecule has 0 unspecified atom stereocenters. The van der Waals surface area contributed by atoms with Gasteiger partial charge in [-0.3, -0.25) is 4.98 Å². The Kier molecular flexibility index (Phi) is 7.99. The molecule has 2 N–H and O–H groups in total. The number of anilines is 1. The van der Waals surface area contributed by atoms with E-state index >= 15 is 0 Å². The second-order valence-electron chi connectivity index (χ2n) is 6.55. The molecule has 1 aromatic heterocycles. The van der Waals surface area contributed by atoms with Gasteiger partial charge < -0.3 is 15.4 Å². The number of pyridine rings is 1. The number of hydrogen-bond donors (Lipinski definition) is 2. The fourth-order valence-electron chi connectivity index (χ4n) is 3.09. The molecule has 0 aliphatic carbocycles. The number of nitrogens with one attached hydrogen (secondary N) is 2. The summed E-state index contributed by atoms with van der Waals surface area (Å²) >= 11 is 0. The number of rotatable bonds is 11. The van der Waals surface area contributed by atoms with Crippen molar-refractivity contribution in [1.29, 1.82) is 0 Å². The lowest BCUT2D eigenvalue weighted by Gasteiger charge is -2.14. The normalized spacial score (nSPS) is 11.0. The number of hydrogen-bond acceptors (Lipinski definition) is 4. The Bertz CT molecular complexity index is 670. The fourth-order valence-corrected chi connectivity index (χ4v) is 3.09. The van der Waals surface area contributed by atoms with E-state index in [0.717, 1.165) is 48.7 Å². The van der Waals surface area contributed by atoms with Gasteiger partial charge in [-0.15, -0.1) is 0 Å². The van der Waals surface area contributed by atoms with Crippen LogP contribution >= 0.6 is 0 Å². The smallest absolute Gasteiger partial charge is 0.121 e. The van der Waals surface area contributed by atoms with Crippen LogP contribution in [0.25, 0.3) is 10.9 Å². The molecule has 0 fully saturated rings. The van der Waals surface area contributed by atoms with Crippen molar-refractivity contribution >= 4 is 16.6 Å². The molecule has 0 radical (unpaired) electrons. The van der Waals surface area contributed by atoms with Crippen molar-refractivity contribution in [2.75, 3.05) is 32.1 Å². The number of nitrogens with zero attached hydrogens (tertiary/aromatic N) is 1. The lowest BCUT2D eigenvalue weighted by Crippen LogP contribution is -2.13. The van der Waals surface area contributed by atoms with Gasteiger partial charge in [0, 0.05) is 23.7 Å². The van der Waals surface area contributed by atoms with Gasteiger partial charge in [0.15, 0.2) is 0 Å². The van der Waals surface area contributed by atoms with Gasteiger partial charge in [0.1, 0.15) is 5.75 Å². The summed E-state index contributed by atoms with van der Waals surface area (Å²) in [6.07, 6.45) is 5.93. The highest BCUT2D eigenvalue weighted by atomic mass is 16.5. The van der Waals surface area contributed by atoms with Gasteiger partial charge >= 0.3 is 0 Å². The molecular formula is C21H33N3O. The minimum absolute atomic E-state index is 0.884. The third-order valence-electron chi connectivity index (χ3n) is 4.59. The summed E-state index contributed by atoms with van der Waals surface area (Å²) in [5.41, 5.74) is 4.54. The molecule has 0 bridgehead atoms. The van der Waals surface area contributed by atoms with Crippen LogP contribution in [0.5, 0.6) is 5.75 Å². The van der Waals surface area contributed by atoms with Crippen molar-refractivity contribution in [3.05, 3.63) is 29.5 Å². The molecule has 1 heterocycles. The Labute approximate surface area is 152 Å². The number of ether oxygens (including phenoxy) is 1. The molecule has 0 atom stereocenters. The fraction of sp³-hybridized carbons (Fsp3) is 0.571. The van der Waals surface area contributed by atoms with Crippen LogP contribution in [-0.4, -0.2) is 31.7 Å². The van der Waals surface area contributed by atoms with Crippen LogP contribution in [0.3, 0.4) is 0 Å². The zero-order chi connectivity index (χ0) is 18.1. The molecule has 0 amide bonds. The molecule has 138 valence electrons. The van der Waals surface area contributed by atoms with E-state index in [9.17, 15) is 0 Å². The van der Waals surface area contributed by atoms with E-state index in [1.165, 1.54) is 36.6 Å². The first kappa shape index (κ1) is 19.5. The number of aromatic nitrogens is 1. The standard InChI is InChI=1S/C21H33N3O/c1-5-17-13-16(3)19-14-18(25-4)15-20(21(19)24-17)23-12-10-8-7-9-11-22-6-2/h13-15,22-23H,5-12H2,1-4H3. The number of benzene rings is 1. The maximum Gasteiger partial charge on any atom is 0.121 e. The molecule has 4 heteroatoms. The second-order valence-corrected chi connectivity index (χ2v) is 6.55. The zero-order valence-corrected chi connectivity index (χ0v) is 16.2. The Morgan fingerprint density at radius 1 is 1.00 bits per heavy atom. The summed E-state index contributed by atoms with van der Waals surface area (Å²) in [6.45, 7) is 9.63. The quantitative estimate of drug-likeness (QED) is 0.581. The lowest BCUT2D eigenvalue weighted by molar-refractivity contribution is 0.415. The summed E-state index contributed by atoms with van der Waals surface area (Å²) < 4.78 is 5.48. The molecule has 0 saturated carbocycles. The average Bonchev–Trinajstić information content (AvgIpc) is 2.63. The number of unbranched alkanes of at least 4 members (excludes halogenated alkanes) is 3. The average molecular weight is 344 g/mol. The molecule has 0 aliphatic heterocycles. The predicted octanol–water partition coefficient (Wildman–Crippen LogP) is 4.70. The van der Waals surface area contributed by atoms with Crippen molar-refractivity contribution in [2.24, 2.45) is 0 Å². The Hall–Kier alpha value is -1.81. The van der Waals surface area contributed by atoms with Crippen molar-refractivity contribution in [1.82, 2.24) is 10.3 Å². The van der Waals surface area contributed by atoms with Gasteiger partial charge in [-0.2, -0.15) is 0 Å². The maximum atomic E-state index is 5.48. The summed E-state index contributed by atoms with van der Waals surface area (Å²) in [5.74, 6) is 0.884. The third kappa shape index (κ3) is 5.60. The largest absolute Gasteiger partial charge is 0.497 e. The highest BCUT2D eigenvalue weighted by Gasteiger charge is 2.09. The summed E-state index contributed by atoms with van der Waals surface area (Å²) in [5, 5.41) is 8.13. The van der Waals surface area contributed by atoms with Crippen molar-refractivity contribution in [3.8, 4) is 5.75 Å². The summed E-state index contributed by atoms with van der Waals surface area (Å²) in [4.78, 5) is 4.85. The molecule has 1 aromatic carbocycles. The van der Waals surface area contributed by atoms with Crippen molar-refractivity contribution in [2.45, 2.75) is 52.9 Å². The summed E-state index contributed by atoms with van der Waals surface area (Å²) in [7, 11) is 1.72. The van der Waals surface area contributed by atoms with E-state index in [4.69, 9.17) is 9.72 Å². The Morgan fingerprint density at radius 2 is 1.76 bits per heavy atom. The van der Waals surface area contributed by atoms with Crippen LogP contribution in [0.2, 0.25) is 0 Å². The number of methoxy groups -OCH3 is 1. The number of fused-ring (bicyclic) bond motifs is 1. The van der Waals surface area contributed by atoms with Crippen LogP contribution in [0, 0.1) is 6.92 Å². The molecule has 0 spiro atoms. The number of aryl methyl sites for hydroxylation is 2. The minimum atomic E-state index is 0.884. The molecular weight excluding hydrogens is 310 g/mol. The van der Waals surface area contributed by atoms with Gasteiger partial charge in [0.2, 0.25) is 0 Å². The third-order valence-corrected chi connectivity index (χ3v) is 4.59. The lowest BCUT2D eigenvalue weighted by atomic mass is 10.1. The van der Waals surface area contributed by atoms with E-state index in [1.54, 1.807) is 7.11 Å². The van der Waals surface area contributed by atoms with Crippen LogP contribution < -0.4 is 15.4 Å². The SMILES string of the molecule is CCNCCCCCCNc1cc(OC)cc2c(C)cc(CC)nc12. The molecule has 2 aromatic rings. The molecule has 25 heavy (non-hydrogen) atoms. The molecule has 4 nitrogen and oxygen atoms in total. The summed E-state index contributed by atoms with van der Waals surface area (Å²) in [6, 6.07) is 6.33. The van der Waals surface area contributed by atoms with Gasteiger partial charge in [-0.25, -0.2) is 0 Å². The molecule has 0 saturated heterocycles. The monoisotopic (exact) mass is 343 g/mol. The van der Waals surface area contributed by atoms with E-state index in [-0.39, 0.29) is 0 Å². The first-order valence-electron chi connectivity index (χ1n) is 9.62. The van der Waals surface area contributed by atoms with Crippen molar-refractivity contribution in [3.63, 3.8) is 0 Å². The van der Waals surface area contributed by atoms with Crippen molar-refractivity contribution < 1.29 is 4.74 Å². The topological polar surface area (TPSA) is 46.2 Å². The van der Waals surface area contributed by atoms with Crippen LogP contribution in [0.1, 0.15) is 50.8 Å². The highest BCUT2D eigenvalue weighted by molar-refractivity contribution is 5.94. The maximum absolute atomic E-state index is 5.48. The van der Waals surface area contributed by atoms with E-state index in [1.807, 2.05) is 0 Å². The van der Waals surface area contributed by atoms with Crippen LogP contribution in [0.4, 0.5) is 5.69 Å². The minimum Gasteiger partial charge on any atom is -0.497 e. The Morgan fingerprint density at radius 3 is 2.44 bits per heavy atom. The van der Waals surface area contributed by atoms with Gasteiger partial charge in [0.05, 0.1) is 18.3 Å². The van der Waals surface area contributed by atoms with Gasteiger partial charge in [0.25, 0.3) is 0 Å². The predicted molar refractivity (Wildman–Crippen MR) is 108 cm³/mol. The van der Waals surface area contributed by atoms with Crippen LogP contribution in [-0.2, 0) is 6.42 Å².